The van der Waals surface area contributed by atoms with Crippen LogP contribution in [-0.2, 0) is 20.7 Å². The second-order valence-electron chi connectivity index (χ2n) is 3.92. The van der Waals surface area contributed by atoms with E-state index in [9.17, 15) is 9.35 Å². The molecule has 84 valence electrons. The highest BCUT2D eigenvalue weighted by Crippen LogP contribution is 2.29. The van der Waals surface area contributed by atoms with Crippen LogP contribution in [0.5, 0.6) is 0 Å². The Bertz CT molecular complexity index is 192. The van der Waals surface area contributed by atoms with Crippen LogP contribution in [0, 0.1) is 5.92 Å². The fraction of sp³-hybridized carbons (Fsp3) is 0.900. The highest BCUT2D eigenvalue weighted by Gasteiger charge is 2.37. The van der Waals surface area contributed by atoms with E-state index in [1.54, 1.807) is 0 Å². The molecule has 2 atom stereocenters. The average molecular weight is 220 g/mol. The smallest absolute Gasteiger partial charge is 0.305 e. The van der Waals surface area contributed by atoms with Gasteiger partial charge < -0.3 is 9.29 Å². The van der Waals surface area contributed by atoms with Crippen molar-refractivity contribution in [3.63, 3.8) is 0 Å². The van der Waals surface area contributed by atoms with Gasteiger partial charge in [0.25, 0.3) is 0 Å². The Morgan fingerprint density at radius 3 is 2.43 bits per heavy atom. The number of esters is 1. The van der Waals surface area contributed by atoms with Gasteiger partial charge in [-0.15, -0.1) is 0 Å². The lowest BCUT2D eigenvalue weighted by atomic mass is 9.94. The Hall–Kier alpha value is -0.220. The van der Waals surface area contributed by atoms with E-state index in [4.69, 9.17) is 0 Å². The van der Waals surface area contributed by atoms with Crippen LogP contribution in [0.25, 0.3) is 0 Å². The van der Waals surface area contributed by atoms with Gasteiger partial charge in [-0.1, -0.05) is 6.92 Å². The Balaban J connectivity index is 4.34. The van der Waals surface area contributed by atoms with Crippen molar-refractivity contribution in [3.8, 4) is 0 Å². The van der Waals surface area contributed by atoms with Gasteiger partial charge in [-0.25, -0.2) is 0 Å². The summed E-state index contributed by atoms with van der Waals surface area (Å²) in [4.78, 5) is 11.1. The molecule has 0 radical (unpaired) electrons. The first-order valence-corrected chi connectivity index (χ1v) is 6.13. The van der Waals surface area contributed by atoms with Crippen molar-refractivity contribution in [1.29, 1.82) is 0 Å². The second-order valence-corrected chi connectivity index (χ2v) is 6.24. The number of carbonyl (C=O) groups excluding carboxylic acids is 1. The Morgan fingerprint density at radius 2 is 2.07 bits per heavy atom. The zero-order valence-corrected chi connectivity index (χ0v) is 10.4. The lowest BCUT2D eigenvalue weighted by molar-refractivity contribution is -0.141. The van der Waals surface area contributed by atoms with E-state index in [-0.39, 0.29) is 16.6 Å². The summed E-state index contributed by atoms with van der Waals surface area (Å²) in [6, 6.07) is 0. The molecule has 3 nitrogen and oxygen atoms in total. The zero-order chi connectivity index (χ0) is 11.4. The first-order chi connectivity index (χ1) is 6.36. The third-order valence-electron chi connectivity index (χ3n) is 2.74. The Labute approximate surface area is 89.4 Å². The number of hydrogen-bond donors (Lipinski definition) is 0. The molecule has 0 aliphatic carbocycles. The Kier molecular flexibility index (Phi) is 5.52. The van der Waals surface area contributed by atoms with Crippen LogP contribution in [0.2, 0.25) is 0 Å². The number of rotatable bonds is 5. The summed E-state index contributed by atoms with van der Waals surface area (Å²) < 4.78 is 16.0. The molecule has 0 aliphatic rings. The largest absolute Gasteiger partial charge is 0.616 e. The first kappa shape index (κ1) is 13.8. The van der Waals surface area contributed by atoms with Crippen molar-refractivity contribution in [2.75, 3.05) is 12.9 Å². The fourth-order valence-electron chi connectivity index (χ4n) is 1.18. The molecule has 0 fully saturated rings. The van der Waals surface area contributed by atoms with Crippen LogP contribution in [0.15, 0.2) is 0 Å². The standard InChI is InChI=1S/C10H20O3S/c1-6-14(12)10(3,4)8(2)7-9(11)13-5/h8H,6-7H2,1-5H3. The molecule has 0 aromatic carbocycles. The van der Waals surface area contributed by atoms with Gasteiger partial charge in [0, 0.05) is 5.92 Å². The molecule has 0 aliphatic heterocycles. The van der Waals surface area contributed by atoms with E-state index >= 15 is 0 Å². The van der Waals surface area contributed by atoms with Crippen LogP contribution in [0.4, 0.5) is 0 Å². The summed E-state index contributed by atoms with van der Waals surface area (Å²) >= 11 is -0.894. The second kappa shape index (κ2) is 5.61. The van der Waals surface area contributed by atoms with Crippen molar-refractivity contribution >= 4 is 17.1 Å². The normalized spacial score (nSPS) is 16.1. The fourth-order valence-corrected chi connectivity index (χ4v) is 2.45. The van der Waals surface area contributed by atoms with Gasteiger partial charge in [0.1, 0.15) is 10.5 Å². The molecular formula is C10H20O3S. The summed E-state index contributed by atoms with van der Waals surface area (Å²) in [5.74, 6) is 0.452. The van der Waals surface area contributed by atoms with Crippen LogP contribution < -0.4 is 0 Å². The molecule has 0 aromatic rings. The minimum Gasteiger partial charge on any atom is -0.616 e. The summed E-state index contributed by atoms with van der Waals surface area (Å²) in [5, 5.41) is 0. The molecule has 0 aromatic heterocycles. The minimum absolute atomic E-state index is 0.0655. The zero-order valence-electron chi connectivity index (χ0n) is 9.62. The van der Waals surface area contributed by atoms with E-state index in [1.807, 2.05) is 27.7 Å². The third kappa shape index (κ3) is 3.50. The maximum absolute atomic E-state index is 11.7. The first-order valence-electron chi connectivity index (χ1n) is 4.81. The van der Waals surface area contributed by atoms with Gasteiger partial charge in [-0.3, -0.25) is 4.79 Å². The number of ether oxygens (including phenoxy) is 1. The van der Waals surface area contributed by atoms with Gasteiger partial charge in [0.2, 0.25) is 0 Å². The lowest BCUT2D eigenvalue weighted by Crippen LogP contribution is -2.40. The van der Waals surface area contributed by atoms with Crippen molar-refractivity contribution in [2.45, 2.75) is 38.9 Å². The van der Waals surface area contributed by atoms with Crippen molar-refractivity contribution in [1.82, 2.24) is 0 Å². The monoisotopic (exact) mass is 220 g/mol. The van der Waals surface area contributed by atoms with Crippen LogP contribution >= 0.6 is 0 Å². The van der Waals surface area contributed by atoms with E-state index < -0.39 is 11.2 Å². The van der Waals surface area contributed by atoms with Gasteiger partial charge in [-0.2, -0.15) is 0 Å². The molecule has 0 rings (SSSR count). The molecule has 14 heavy (non-hydrogen) atoms. The number of hydrogen-bond acceptors (Lipinski definition) is 3. The maximum Gasteiger partial charge on any atom is 0.305 e. The van der Waals surface area contributed by atoms with E-state index in [0.29, 0.717) is 12.2 Å². The topological polar surface area (TPSA) is 49.4 Å². The SMILES string of the molecule is CC[S+]([O-])C(C)(C)C(C)CC(=O)OC. The lowest BCUT2D eigenvalue weighted by Gasteiger charge is -2.32. The highest BCUT2D eigenvalue weighted by atomic mass is 32.2. The molecule has 0 spiro atoms. The molecule has 0 amide bonds. The summed E-state index contributed by atoms with van der Waals surface area (Å²) in [7, 11) is 1.37. The Morgan fingerprint density at radius 1 is 1.57 bits per heavy atom. The summed E-state index contributed by atoms with van der Waals surface area (Å²) in [6.45, 7) is 7.69. The number of carbonyl (C=O) groups is 1. The van der Waals surface area contributed by atoms with Crippen molar-refractivity contribution in [3.05, 3.63) is 0 Å². The van der Waals surface area contributed by atoms with Crippen LogP contribution in [-0.4, -0.2) is 28.1 Å². The quantitative estimate of drug-likeness (QED) is 0.523. The highest BCUT2D eigenvalue weighted by molar-refractivity contribution is 7.92. The van der Waals surface area contributed by atoms with Crippen molar-refractivity contribution in [2.24, 2.45) is 5.92 Å². The van der Waals surface area contributed by atoms with E-state index in [0.717, 1.165) is 0 Å². The molecule has 0 N–H and O–H groups in total. The van der Waals surface area contributed by atoms with E-state index in [2.05, 4.69) is 4.74 Å². The van der Waals surface area contributed by atoms with Crippen LogP contribution in [0.3, 0.4) is 0 Å². The molecule has 0 saturated carbocycles. The van der Waals surface area contributed by atoms with Gasteiger partial charge in [-0.05, 0) is 31.9 Å². The molecule has 0 heterocycles. The summed E-state index contributed by atoms with van der Waals surface area (Å²) in [6.07, 6.45) is 0.329. The molecule has 0 bridgehead atoms. The predicted octanol–water partition coefficient (Wildman–Crippen LogP) is 1.73. The molecule has 2 unspecified atom stereocenters. The molecular weight excluding hydrogens is 200 g/mol. The van der Waals surface area contributed by atoms with Gasteiger partial charge in [0.15, 0.2) is 0 Å². The van der Waals surface area contributed by atoms with Gasteiger partial charge in [0.05, 0.1) is 13.5 Å². The molecule has 0 saturated heterocycles. The third-order valence-corrected chi connectivity index (χ3v) is 4.84. The summed E-state index contributed by atoms with van der Waals surface area (Å²) in [5.41, 5.74) is 0. The maximum atomic E-state index is 11.7. The van der Waals surface area contributed by atoms with Gasteiger partial charge >= 0.3 is 5.97 Å². The van der Waals surface area contributed by atoms with Crippen molar-refractivity contribution < 1.29 is 14.1 Å². The number of methoxy groups -OCH3 is 1. The van der Waals surface area contributed by atoms with Crippen LogP contribution in [0.1, 0.15) is 34.1 Å². The molecule has 4 heteroatoms. The predicted molar refractivity (Wildman–Crippen MR) is 58.6 cm³/mol. The average Bonchev–Trinajstić information content (AvgIpc) is 2.15. The minimum atomic E-state index is -0.894. The van der Waals surface area contributed by atoms with E-state index in [1.165, 1.54) is 7.11 Å².